The van der Waals surface area contributed by atoms with E-state index in [1.807, 2.05) is 6.08 Å². The lowest BCUT2D eigenvalue weighted by atomic mass is 9.77. The Morgan fingerprint density at radius 3 is 2.92 bits per heavy atom. The van der Waals surface area contributed by atoms with Gasteiger partial charge in [0.05, 0.1) is 12.7 Å². The van der Waals surface area contributed by atoms with E-state index in [-0.39, 0.29) is 12.0 Å². The zero-order valence-electron chi connectivity index (χ0n) is 8.38. The molecule has 1 N–H and O–H groups in total. The second-order valence-electron chi connectivity index (χ2n) is 4.23. The van der Waals surface area contributed by atoms with Gasteiger partial charge in [-0.2, -0.15) is 5.26 Å². The molecule has 1 rings (SSSR count). The van der Waals surface area contributed by atoms with Crippen LogP contribution in [0.3, 0.4) is 0 Å². The van der Waals surface area contributed by atoms with Crippen LogP contribution < -0.4 is 0 Å². The Kier molecular flexibility index (Phi) is 3.11. The van der Waals surface area contributed by atoms with Crippen LogP contribution in [0.25, 0.3) is 0 Å². The predicted molar refractivity (Wildman–Crippen MR) is 51.9 cm³/mol. The van der Waals surface area contributed by atoms with Crippen LogP contribution in [-0.4, -0.2) is 11.7 Å². The topological polar surface area (TPSA) is 44.0 Å². The smallest absolute Gasteiger partial charge is 0.0624 e. The molecular weight excluding hydrogens is 162 g/mol. The number of aliphatic hydroxyl groups excluding tert-OH is 1. The molecule has 2 nitrogen and oxygen atoms in total. The molecular formula is C11H17NO. The Bertz CT molecular complexity index is 247. The molecule has 0 aromatic carbocycles. The first-order valence-electron chi connectivity index (χ1n) is 4.80. The third-order valence-electron chi connectivity index (χ3n) is 3.29. The van der Waals surface area contributed by atoms with E-state index in [1.165, 1.54) is 5.57 Å². The zero-order chi connectivity index (χ0) is 9.90. The van der Waals surface area contributed by atoms with E-state index in [2.05, 4.69) is 19.9 Å². The number of hydrogen-bond acceptors (Lipinski definition) is 2. The molecule has 1 atom stereocenters. The largest absolute Gasteiger partial charge is 0.392 e. The van der Waals surface area contributed by atoms with Gasteiger partial charge in [0.15, 0.2) is 0 Å². The van der Waals surface area contributed by atoms with Crippen molar-refractivity contribution in [1.82, 2.24) is 0 Å². The maximum Gasteiger partial charge on any atom is 0.0624 e. The Labute approximate surface area is 79.9 Å². The summed E-state index contributed by atoms with van der Waals surface area (Å²) in [6, 6.07) is 2.24. The summed E-state index contributed by atoms with van der Waals surface area (Å²) in [6.07, 6.45) is 4.67. The predicted octanol–water partition coefficient (Wildman–Crippen LogP) is 2.25. The van der Waals surface area contributed by atoms with Gasteiger partial charge in [-0.3, -0.25) is 0 Å². The third kappa shape index (κ3) is 1.92. The molecule has 0 heterocycles. The molecule has 1 unspecified atom stereocenters. The standard InChI is InChI=1S/C11H17NO/c1-11(2)9(5-7-12)3-4-10(11)6-8-13/h6,9,13H,3-5,8H2,1-2H3/b10-6+. The summed E-state index contributed by atoms with van der Waals surface area (Å²) in [6.45, 7) is 4.46. The minimum absolute atomic E-state index is 0.110. The number of aliphatic hydroxyl groups is 1. The molecule has 13 heavy (non-hydrogen) atoms. The summed E-state index contributed by atoms with van der Waals surface area (Å²) < 4.78 is 0. The van der Waals surface area contributed by atoms with Crippen LogP contribution in [0.15, 0.2) is 11.6 Å². The number of allylic oxidation sites excluding steroid dienone is 1. The van der Waals surface area contributed by atoms with Gasteiger partial charge in [0, 0.05) is 6.42 Å². The fraction of sp³-hybridized carbons (Fsp3) is 0.727. The first-order chi connectivity index (χ1) is 6.12. The molecule has 0 radical (unpaired) electrons. The quantitative estimate of drug-likeness (QED) is 0.661. The van der Waals surface area contributed by atoms with E-state index >= 15 is 0 Å². The molecule has 0 amide bonds. The SMILES string of the molecule is CC1(C)/C(=C/CO)CCC1CC#N. The fourth-order valence-corrected chi connectivity index (χ4v) is 2.22. The highest BCUT2D eigenvalue weighted by molar-refractivity contribution is 5.19. The Morgan fingerprint density at radius 1 is 1.69 bits per heavy atom. The second kappa shape index (κ2) is 3.93. The summed E-state index contributed by atoms with van der Waals surface area (Å²) >= 11 is 0. The van der Waals surface area contributed by atoms with E-state index < -0.39 is 0 Å². The van der Waals surface area contributed by atoms with Crippen molar-refractivity contribution in [1.29, 1.82) is 5.26 Å². The van der Waals surface area contributed by atoms with Gasteiger partial charge >= 0.3 is 0 Å². The first-order valence-corrected chi connectivity index (χ1v) is 4.80. The molecule has 72 valence electrons. The number of hydrogen-bond donors (Lipinski definition) is 1. The molecule has 2 heteroatoms. The van der Waals surface area contributed by atoms with Crippen molar-refractivity contribution in [2.24, 2.45) is 11.3 Å². The van der Waals surface area contributed by atoms with Gasteiger partial charge in [-0.05, 0) is 24.2 Å². The van der Waals surface area contributed by atoms with Crippen LogP contribution in [0.2, 0.25) is 0 Å². The molecule has 0 aliphatic heterocycles. The maximum absolute atomic E-state index is 8.83. The van der Waals surface area contributed by atoms with Gasteiger partial charge in [-0.15, -0.1) is 0 Å². The van der Waals surface area contributed by atoms with Crippen molar-refractivity contribution >= 4 is 0 Å². The summed E-state index contributed by atoms with van der Waals surface area (Å²) in [7, 11) is 0. The van der Waals surface area contributed by atoms with Crippen molar-refractivity contribution in [3.63, 3.8) is 0 Å². The van der Waals surface area contributed by atoms with E-state index in [1.54, 1.807) is 0 Å². The monoisotopic (exact) mass is 179 g/mol. The van der Waals surface area contributed by atoms with Crippen molar-refractivity contribution in [2.45, 2.75) is 33.1 Å². The summed E-state index contributed by atoms with van der Waals surface area (Å²) in [4.78, 5) is 0. The highest BCUT2D eigenvalue weighted by Crippen LogP contribution is 2.48. The van der Waals surface area contributed by atoms with Gasteiger partial charge < -0.3 is 5.11 Å². The zero-order valence-corrected chi connectivity index (χ0v) is 8.38. The molecule has 0 aromatic heterocycles. The van der Waals surface area contributed by atoms with E-state index in [0.717, 1.165) is 12.8 Å². The molecule has 1 saturated carbocycles. The first kappa shape index (κ1) is 10.3. The van der Waals surface area contributed by atoms with Crippen LogP contribution in [0.5, 0.6) is 0 Å². The van der Waals surface area contributed by atoms with Gasteiger partial charge in [0.1, 0.15) is 0 Å². The summed E-state index contributed by atoms with van der Waals surface area (Å²) in [5.74, 6) is 0.468. The van der Waals surface area contributed by atoms with E-state index in [0.29, 0.717) is 12.3 Å². The molecule has 0 spiro atoms. The Balaban J connectivity index is 2.77. The van der Waals surface area contributed by atoms with E-state index in [9.17, 15) is 0 Å². The van der Waals surface area contributed by atoms with Gasteiger partial charge in [0.2, 0.25) is 0 Å². The minimum Gasteiger partial charge on any atom is -0.392 e. The molecule has 1 fully saturated rings. The average Bonchev–Trinajstić information content (AvgIpc) is 2.33. The third-order valence-corrected chi connectivity index (χ3v) is 3.29. The molecule has 0 saturated heterocycles. The maximum atomic E-state index is 8.83. The Morgan fingerprint density at radius 2 is 2.38 bits per heavy atom. The Hall–Kier alpha value is -0.810. The molecule has 1 aliphatic rings. The van der Waals surface area contributed by atoms with Crippen molar-refractivity contribution in [3.8, 4) is 6.07 Å². The molecule has 1 aliphatic carbocycles. The van der Waals surface area contributed by atoms with Gasteiger partial charge in [-0.25, -0.2) is 0 Å². The van der Waals surface area contributed by atoms with Crippen LogP contribution in [0.1, 0.15) is 33.1 Å². The average molecular weight is 179 g/mol. The number of nitriles is 1. The van der Waals surface area contributed by atoms with Gasteiger partial charge in [0.25, 0.3) is 0 Å². The van der Waals surface area contributed by atoms with Crippen LogP contribution in [0.4, 0.5) is 0 Å². The lowest BCUT2D eigenvalue weighted by Gasteiger charge is -2.26. The number of nitrogens with zero attached hydrogens (tertiary/aromatic N) is 1. The van der Waals surface area contributed by atoms with Gasteiger partial charge in [-0.1, -0.05) is 25.5 Å². The van der Waals surface area contributed by atoms with Crippen LogP contribution >= 0.6 is 0 Å². The lowest BCUT2D eigenvalue weighted by Crippen LogP contribution is -2.19. The van der Waals surface area contributed by atoms with Crippen LogP contribution in [-0.2, 0) is 0 Å². The van der Waals surface area contributed by atoms with Crippen molar-refractivity contribution in [3.05, 3.63) is 11.6 Å². The fourth-order valence-electron chi connectivity index (χ4n) is 2.22. The van der Waals surface area contributed by atoms with Crippen LogP contribution in [0, 0.1) is 22.7 Å². The lowest BCUT2D eigenvalue weighted by molar-refractivity contribution is 0.303. The van der Waals surface area contributed by atoms with E-state index in [4.69, 9.17) is 10.4 Å². The second-order valence-corrected chi connectivity index (χ2v) is 4.23. The summed E-state index contributed by atoms with van der Waals surface area (Å²) in [5.41, 5.74) is 1.42. The van der Waals surface area contributed by atoms with Crippen molar-refractivity contribution in [2.75, 3.05) is 6.61 Å². The van der Waals surface area contributed by atoms with Crippen molar-refractivity contribution < 1.29 is 5.11 Å². The molecule has 0 bridgehead atoms. The molecule has 0 aromatic rings. The highest BCUT2D eigenvalue weighted by atomic mass is 16.2. The number of rotatable bonds is 2. The minimum atomic E-state index is 0.110. The summed E-state index contributed by atoms with van der Waals surface area (Å²) in [5, 5.41) is 17.5. The normalized spacial score (nSPS) is 29.1. The highest BCUT2D eigenvalue weighted by Gasteiger charge is 2.37.